The average molecular weight is 122 g/mol. The van der Waals surface area contributed by atoms with Gasteiger partial charge in [0.1, 0.15) is 0 Å². The minimum atomic E-state index is 0.358. The molecule has 0 unspecified atom stereocenters. The molecule has 0 fully saturated rings. The van der Waals surface area contributed by atoms with Crippen LogP contribution in [0, 0.1) is 0 Å². The topological polar surface area (TPSA) is 27.2 Å². The summed E-state index contributed by atoms with van der Waals surface area (Å²) in [5.74, 6) is 0.358. The van der Waals surface area contributed by atoms with Crippen molar-refractivity contribution in [3.05, 3.63) is 18.3 Å². The molecular formula is C7H10N2. The van der Waals surface area contributed by atoms with Crippen molar-refractivity contribution in [1.82, 2.24) is 10.3 Å². The molecule has 2 radical (unpaired) electrons. The molecule has 0 aliphatic heterocycles. The highest BCUT2D eigenvalue weighted by Crippen LogP contribution is 2.05. The Labute approximate surface area is 55.3 Å². The van der Waals surface area contributed by atoms with Gasteiger partial charge in [-0.1, -0.05) is 6.92 Å². The Hall–Kier alpha value is -0.920. The largest absolute Gasteiger partial charge is 0.332 e. The Bertz CT molecular complexity index is 179. The number of hydrogen-bond acceptors (Lipinski definition) is 0. The second kappa shape index (κ2) is 2.58. The van der Waals surface area contributed by atoms with E-state index in [1.165, 1.54) is 0 Å². The summed E-state index contributed by atoms with van der Waals surface area (Å²) in [7, 11) is 0. The van der Waals surface area contributed by atoms with Crippen LogP contribution in [0.5, 0.6) is 0 Å². The molecule has 1 rings (SSSR count). The minimum Gasteiger partial charge on any atom is -0.332 e. The molecule has 0 atom stereocenters. The lowest BCUT2D eigenvalue weighted by molar-refractivity contribution is 0.684. The lowest BCUT2D eigenvalue weighted by atomic mass is 10.5. The van der Waals surface area contributed by atoms with E-state index < -0.39 is 0 Å². The van der Waals surface area contributed by atoms with Gasteiger partial charge in [0.2, 0.25) is 0 Å². The second-order valence-corrected chi connectivity index (χ2v) is 2.06. The predicted molar refractivity (Wildman–Crippen MR) is 36.5 cm³/mol. The predicted octanol–water partition coefficient (Wildman–Crippen LogP) is 1.60. The summed E-state index contributed by atoms with van der Waals surface area (Å²) < 4.78 is 1.82. The van der Waals surface area contributed by atoms with E-state index in [2.05, 4.69) is 6.92 Å². The van der Waals surface area contributed by atoms with Gasteiger partial charge in [0.05, 0.1) is 0 Å². The standard InChI is InChI=1S/C7H10N2/c1-2-5-9-6-3-4-7(9)8/h3-4,6H,2,5H2,1H3. The maximum atomic E-state index is 9.04. The normalized spacial score (nSPS) is 9.89. The van der Waals surface area contributed by atoms with Crippen molar-refractivity contribution in [2.24, 2.45) is 0 Å². The van der Waals surface area contributed by atoms with Gasteiger partial charge in [-0.05, 0) is 18.6 Å². The number of hydrogen-bond donors (Lipinski definition) is 0. The van der Waals surface area contributed by atoms with E-state index in [1.807, 2.05) is 16.8 Å². The van der Waals surface area contributed by atoms with Gasteiger partial charge < -0.3 is 4.57 Å². The van der Waals surface area contributed by atoms with Gasteiger partial charge in [-0.25, -0.2) is 0 Å². The molecule has 0 saturated carbocycles. The molecule has 0 aromatic carbocycles. The first kappa shape index (κ1) is 6.20. The fourth-order valence-corrected chi connectivity index (χ4v) is 0.835. The van der Waals surface area contributed by atoms with Gasteiger partial charge in [0.15, 0.2) is 5.82 Å². The number of aromatic nitrogens is 1. The molecule has 0 aliphatic carbocycles. The van der Waals surface area contributed by atoms with Gasteiger partial charge in [0.25, 0.3) is 0 Å². The van der Waals surface area contributed by atoms with Gasteiger partial charge in [-0.2, -0.15) is 0 Å². The zero-order valence-electron chi connectivity index (χ0n) is 5.54. The highest BCUT2D eigenvalue weighted by Gasteiger charge is 1.93. The molecule has 9 heavy (non-hydrogen) atoms. The molecule has 0 aliphatic rings. The van der Waals surface area contributed by atoms with Crippen molar-refractivity contribution in [2.75, 3.05) is 0 Å². The number of aryl methyl sites for hydroxylation is 1. The molecule has 2 nitrogen and oxygen atoms in total. The van der Waals surface area contributed by atoms with Gasteiger partial charge >= 0.3 is 0 Å². The van der Waals surface area contributed by atoms with E-state index in [4.69, 9.17) is 5.73 Å². The summed E-state index contributed by atoms with van der Waals surface area (Å²) in [5, 5.41) is 0. The van der Waals surface area contributed by atoms with Crippen LogP contribution in [0.2, 0.25) is 0 Å². The fraction of sp³-hybridized carbons (Fsp3) is 0.429. The van der Waals surface area contributed by atoms with Crippen molar-refractivity contribution in [3.8, 4) is 0 Å². The number of rotatable bonds is 2. The highest BCUT2D eigenvalue weighted by molar-refractivity contribution is 5.24. The lowest BCUT2D eigenvalue weighted by Crippen LogP contribution is -1.93. The molecule has 0 spiro atoms. The van der Waals surface area contributed by atoms with Crippen LogP contribution in [-0.2, 0) is 6.54 Å². The summed E-state index contributed by atoms with van der Waals surface area (Å²) in [4.78, 5) is 0. The Morgan fingerprint density at radius 3 is 2.89 bits per heavy atom. The fourth-order valence-electron chi connectivity index (χ4n) is 0.835. The summed E-state index contributed by atoms with van der Waals surface area (Å²) in [6, 6.07) is 3.53. The van der Waals surface area contributed by atoms with Crippen LogP contribution in [0.15, 0.2) is 18.3 Å². The summed E-state index contributed by atoms with van der Waals surface area (Å²) in [6.45, 7) is 2.98. The Morgan fingerprint density at radius 1 is 1.67 bits per heavy atom. The summed E-state index contributed by atoms with van der Waals surface area (Å²) >= 11 is 0. The molecular weight excluding hydrogens is 112 g/mol. The van der Waals surface area contributed by atoms with E-state index in [9.17, 15) is 0 Å². The highest BCUT2D eigenvalue weighted by atomic mass is 15.0. The van der Waals surface area contributed by atoms with Gasteiger partial charge in [-0.15, -0.1) is 5.73 Å². The first-order valence-electron chi connectivity index (χ1n) is 3.18. The van der Waals surface area contributed by atoms with Crippen LogP contribution >= 0.6 is 0 Å². The van der Waals surface area contributed by atoms with Gasteiger partial charge in [-0.3, -0.25) is 0 Å². The van der Waals surface area contributed by atoms with Crippen LogP contribution < -0.4 is 5.73 Å². The third kappa shape index (κ3) is 1.25. The SMILES string of the molecule is CCCn1cccc1[N]. The third-order valence-corrected chi connectivity index (χ3v) is 1.27. The minimum absolute atomic E-state index is 0.358. The van der Waals surface area contributed by atoms with Crippen LogP contribution in [-0.4, -0.2) is 4.57 Å². The molecule has 1 aromatic rings. The summed E-state index contributed by atoms with van der Waals surface area (Å²) in [5.41, 5.74) is 9.04. The maximum Gasteiger partial charge on any atom is 0.155 e. The first-order chi connectivity index (χ1) is 4.34. The average Bonchev–Trinajstić information content (AvgIpc) is 2.18. The maximum absolute atomic E-state index is 9.04. The number of nitrogens with zero attached hydrogens (tertiary/aromatic N) is 2. The molecule has 0 bridgehead atoms. The van der Waals surface area contributed by atoms with E-state index in [0.29, 0.717) is 5.82 Å². The van der Waals surface area contributed by atoms with Crippen LogP contribution in [0.3, 0.4) is 0 Å². The van der Waals surface area contributed by atoms with Crippen molar-refractivity contribution < 1.29 is 0 Å². The molecule has 1 aromatic heterocycles. The first-order valence-corrected chi connectivity index (χ1v) is 3.18. The molecule has 0 N–H and O–H groups in total. The second-order valence-electron chi connectivity index (χ2n) is 2.06. The Morgan fingerprint density at radius 2 is 2.44 bits per heavy atom. The van der Waals surface area contributed by atoms with E-state index in [-0.39, 0.29) is 0 Å². The van der Waals surface area contributed by atoms with Crippen LogP contribution in [0.1, 0.15) is 13.3 Å². The zero-order valence-corrected chi connectivity index (χ0v) is 5.54. The van der Waals surface area contributed by atoms with E-state index in [1.54, 1.807) is 6.07 Å². The van der Waals surface area contributed by atoms with E-state index in [0.717, 1.165) is 13.0 Å². The molecule has 2 heteroatoms. The third-order valence-electron chi connectivity index (χ3n) is 1.27. The molecule has 0 amide bonds. The Balaban J connectivity index is 2.69. The quantitative estimate of drug-likeness (QED) is 0.569. The Kier molecular flexibility index (Phi) is 1.78. The van der Waals surface area contributed by atoms with Crippen molar-refractivity contribution in [2.45, 2.75) is 19.9 Å². The van der Waals surface area contributed by atoms with Crippen LogP contribution in [0.25, 0.3) is 0 Å². The summed E-state index contributed by atoms with van der Waals surface area (Å²) in [6.07, 6.45) is 2.93. The zero-order chi connectivity index (χ0) is 6.69. The van der Waals surface area contributed by atoms with E-state index >= 15 is 0 Å². The van der Waals surface area contributed by atoms with Gasteiger partial charge in [0, 0.05) is 12.7 Å². The van der Waals surface area contributed by atoms with Crippen LogP contribution in [0.4, 0.5) is 5.82 Å². The molecule has 1 heterocycles. The van der Waals surface area contributed by atoms with Crippen molar-refractivity contribution in [1.29, 1.82) is 0 Å². The van der Waals surface area contributed by atoms with Crippen molar-refractivity contribution in [3.63, 3.8) is 0 Å². The lowest BCUT2D eigenvalue weighted by Gasteiger charge is -1.98. The molecule has 48 valence electrons. The molecule has 0 saturated heterocycles. The smallest absolute Gasteiger partial charge is 0.155 e. The van der Waals surface area contributed by atoms with Crippen molar-refractivity contribution >= 4 is 5.82 Å². The monoisotopic (exact) mass is 122 g/mol.